The average molecular weight is 259 g/mol. The minimum Gasteiger partial charge on any atom is -0.405 e. The van der Waals surface area contributed by atoms with Gasteiger partial charge in [-0.2, -0.15) is 0 Å². The summed E-state index contributed by atoms with van der Waals surface area (Å²) in [6, 6.07) is 4.98. The van der Waals surface area contributed by atoms with Crippen LogP contribution in [0.5, 0.6) is 5.75 Å². The second kappa shape index (κ2) is 4.80. The van der Waals surface area contributed by atoms with E-state index < -0.39 is 6.36 Å². The number of rotatable bonds is 3. The molecule has 100 valence electrons. The van der Waals surface area contributed by atoms with Crippen LogP contribution in [-0.2, 0) is 6.42 Å². The van der Waals surface area contributed by atoms with E-state index in [9.17, 15) is 13.2 Å². The largest absolute Gasteiger partial charge is 0.573 e. The Kier molecular flexibility index (Phi) is 3.52. The highest BCUT2D eigenvalue weighted by molar-refractivity contribution is 5.46. The third-order valence-corrected chi connectivity index (χ3v) is 3.25. The molecule has 1 aromatic rings. The zero-order valence-electron chi connectivity index (χ0n) is 10.3. The standard InChI is InChI=1S/C13H16F3NO/c1-3-17-12-8(2)7-10-9(12)5-4-6-11(10)18-13(14,15)16/h4-6,8,12,17H,3,7H2,1-2H3. The molecular formula is C13H16F3NO. The summed E-state index contributed by atoms with van der Waals surface area (Å²) < 4.78 is 41.0. The van der Waals surface area contributed by atoms with Crippen molar-refractivity contribution < 1.29 is 17.9 Å². The third-order valence-electron chi connectivity index (χ3n) is 3.25. The Morgan fingerprint density at radius 3 is 2.72 bits per heavy atom. The molecule has 18 heavy (non-hydrogen) atoms. The molecule has 0 spiro atoms. The molecule has 2 nitrogen and oxygen atoms in total. The predicted octanol–water partition coefficient (Wildman–Crippen LogP) is 3.43. The highest BCUT2D eigenvalue weighted by Gasteiger charge is 2.36. The van der Waals surface area contributed by atoms with Gasteiger partial charge in [-0.05, 0) is 36.1 Å². The van der Waals surface area contributed by atoms with Crippen LogP contribution in [0, 0.1) is 5.92 Å². The van der Waals surface area contributed by atoms with Crippen molar-refractivity contribution in [2.75, 3.05) is 6.54 Å². The Morgan fingerprint density at radius 2 is 2.11 bits per heavy atom. The van der Waals surface area contributed by atoms with Crippen molar-refractivity contribution >= 4 is 0 Å². The van der Waals surface area contributed by atoms with E-state index in [0.29, 0.717) is 12.0 Å². The van der Waals surface area contributed by atoms with Crippen LogP contribution in [0.15, 0.2) is 18.2 Å². The van der Waals surface area contributed by atoms with Crippen LogP contribution in [0.2, 0.25) is 0 Å². The maximum absolute atomic E-state index is 12.3. The van der Waals surface area contributed by atoms with E-state index in [2.05, 4.69) is 10.1 Å². The maximum Gasteiger partial charge on any atom is 0.573 e. The van der Waals surface area contributed by atoms with E-state index in [1.807, 2.05) is 19.9 Å². The lowest BCUT2D eigenvalue weighted by atomic mass is 10.0. The highest BCUT2D eigenvalue weighted by Crippen LogP contribution is 2.41. The van der Waals surface area contributed by atoms with Crippen molar-refractivity contribution in [2.24, 2.45) is 5.92 Å². The van der Waals surface area contributed by atoms with Crippen LogP contribution in [-0.4, -0.2) is 12.9 Å². The van der Waals surface area contributed by atoms with Crippen LogP contribution >= 0.6 is 0 Å². The molecule has 0 bridgehead atoms. The summed E-state index contributed by atoms with van der Waals surface area (Å²) in [5.74, 6) is 0.213. The molecule has 1 aromatic carbocycles. The highest BCUT2D eigenvalue weighted by atomic mass is 19.4. The monoisotopic (exact) mass is 259 g/mol. The molecule has 1 aliphatic rings. The molecule has 2 unspecified atom stereocenters. The number of ether oxygens (including phenoxy) is 1. The van der Waals surface area contributed by atoms with Gasteiger partial charge >= 0.3 is 6.36 Å². The Labute approximate surface area is 104 Å². The van der Waals surface area contributed by atoms with Gasteiger partial charge in [-0.3, -0.25) is 0 Å². The zero-order chi connectivity index (χ0) is 13.3. The van der Waals surface area contributed by atoms with Crippen molar-refractivity contribution in [2.45, 2.75) is 32.7 Å². The van der Waals surface area contributed by atoms with Gasteiger partial charge in [-0.25, -0.2) is 0 Å². The molecule has 1 aliphatic carbocycles. The second-order valence-electron chi connectivity index (χ2n) is 4.59. The SMILES string of the molecule is CCNC1c2cccc(OC(F)(F)F)c2CC1C. The summed E-state index contributed by atoms with van der Waals surface area (Å²) >= 11 is 0. The molecule has 0 amide bonds. The van der Waals surface area contributed by atoms with Crippen LogP contribution in [0.25, 0.3) is 0 Å². The normalized spacial score (nSPS) is 22.9. The molecular weight excluding hydrogens is 243 g/mol. The van der Waals surface area contributed by atoms with Crippen LogP contribution in [0.3, 0.4) is 0 Å². The first-order valence-corrected chi connectivity index (χ1v) is 6.03. The summed E-state index contributed by atoms with van der Waals surface area (Å²) in [6.45, 7) is 4.81. The summed E-state index contributed by atoms with van der Waals surface area (Å²) in [5, 5.41) is 3.30. The van der Waals surface area contributed by atoms with Crippen molar-refractivity contribution in [1.82, 2.24) is 5.32 Å². The van der Waals surface area contributed by atoms with E-state index in [1.165, 1.54) is 6.07 Å². The van der Waals surface area contributed by atoms with Gasteiger partial charge in [0, 0.05) is 6.04 Å². The minimum absolute atomic E-state index is 0.0627. The number of hydrogen-bond donors (Lipinski definition) is 1. The quantitative estimate of drug-likeness (QED) is 0.898. The molecule has 0 heterocycles. The van der Waals surface area contributed by atoms with E-state index in [0.717, 1.165) is 12.1 Å². The summed E-state index contributed by atoms with van der Waals surface area (Å²) in [6.07, 6.45) is -4.02. The topological polar surface area (TPSA) is 21.3 Å². The number of fused-ring (bicyclic) bond motifs is 1. The molecule has 2 rings (SSSR count). The first-order valence-electron chi connectivity index (χ1n) is 6.03. The van der Waals surface area contributed by atoms with Crippen molar-refractivity contribution in [3.63, 3.8) is 0 Å². The van der Waals surface area contributed by atoms with Gasteiger partial charge in [-0.15, -0.1) is 13.2 Å². The van der Waals surface area contributed by atoms with Gasteiger partial charge < -0.3 is 10.1 Å². The van der Waals surface area contributed by atoms with Crippen LogP contribution in [0.1, 0.15) is 31.0 Å². The van der Waals surface area contributed by atoms with Gasteiger partial charge in [0.2, 0.25) is 0 Å². The first kappa shape index (κ1) is 13.2. The maximum atomic E-state index is 12.3. The molecule has 0 aromatic heterocycles. The number of hydrogen-bond acceptors (Lipinski definition) is 2. The molecule has 2 atom stereocenters. The van der Waals surface area contributed by atoms with Gasteiger partial charge in [0.05, 0.1) is 0 Å². The van der Waals surface area contributed by atoms with E-state index in [-0.39, 0.29) is 17.7 Å². The molecule has 0 saturated heterocycles. The van der Waals surface area contributed by atoms with Gasteiger partial charge in [0.15, 0.2) is 0 Å². The van der Waals surface area contributed by atoms with E-state index in [1.54, 1.807) is 6.07 Å². The minimum atomic E-state index is -4.63. The molecule has 0 saturated carbocycles. The first-order chi connectivity index (χ1) is 8.42. The second-order valence-corrected chi connectivity index (χ2v) is 4.59. The number of benzene rings is 1. The van der Waals surface area contributed by atoms with Gasteiger partial charge in [0.1, 0.15) is 5.75 Å². The fourth-order valence-electron chi connectivity index (χ4n) is 2.59. The van der Waals surface area contributed by atoms with E-state index in [4.69, 9.17) is 0 Å². The number of nitrogens with one attached hydrogen (secondary N) is 1. The molecule has 5 heteroatoms. The number of alkyl halides is 3. The Balaban J connectivity index is 2.33. The smallest absolute Gasteiger partial charge is 0.405 e. The molecule has 0 radical (unpaired) electrons. The van der Waals surface area contributed by atoms with Gasteiger partial charge in [0.25, 0.3) is 0 Å². The fraction of sp³-hybridized carbons (Fsp3) is 0.538. The van der Waals surface area contributed by atoms with E-state index >= 15 is 0 Å². The fourth-order valence-corrected chi connectivity index (χ4v) is 2.59. The summed E-state index contributed by atoms with van der Waals surface area (Å²) in [7, 11) is 0. The number of halogens is 3. The molecule has 0 fully saturated rings. The Bertz CT molecular complexity index is 431. The van der Waals surface area contributed by atoms with Crippen molar-refractivity contribution in [3.8, 4) is 5.75 Å². The Morgan fingerprint density at radius 1 is 1.39 bits per heavy atom. The van der Waals surface area contributed by atoms with Crippen LogP contribution < -0.4 is 10.1 Å². The lowest BCUT2D eigenvalue weighted by molar-refractivity contribution is -0.274. The third kappa shape index (κ3) is 2.61. The summed E-state index contributed by atoms with van der Waals surface area (Å²) in [5.41, 5.74) is 1.60. The van der Waals surface area contributed by atoms with Crippen molar-refractivity contribution in [3.05, 3.63) is 29.3 Å². The average Bonchev–Trinajstić information content (AvgIpc) is 2.56. The lowest BCUT2D eigenvalue weighted by Crippen LogP contribution is -2.23. The predicted molar refractivity (Wildman–Crippen MR) is 62.4 cm³/mol. The summed E-state index contributed by atoms with van der Waals surface area (Å²) in [4.78, 5) is 0. The molecule has 0 aliphatic heterocycles. The van der Waals surface area contributed by atoms with Crippen LogP contribution in [0.4, 0.5) is 13.2 Å². The van der Waals surface area contributed by atoms with Crippen molar-refractivity contribution in [1.29, 1.82) is 0 Å². The molecule has 1 N–H and O–H groups in total. The Hall–Kier alpha value is -1.23. The lowest BCUT2D eigenvalue weighted by Gasteiger charge is -2.17. The van der Waals surface area contributed by atoms with Gasteiger partial charge in [-0.1, -0.05) is 26.0 Å². The zero-order valence-corrected chi connectivity index (χ0v) is 10.3.